The number of hydrogen-bond acceptors (Lipinski definition) is 6. The zero-order valence-corrected chi connectivity index (χ0v) is 18.7. The fraction of sp³-hybridized carbons (Fsp3) is 0.423. The lowest BCUT2D eigenvalue weighted by Crippen LogP contribution is -2.32. The zero-order valence-electron chi connectivity index (χ0n) is 18.7. The molecule has 0 spiro atoms. The predicted octanol–water partition coefficient (Wildman–Crippen LogP) is 5.54. The number of benzene rings is 2. The Bertz CT molecular complexity index is 1150. The molecule has 1 atom stereocenters. The second-order valence-electron chi connectivity index (χ2n) is 8.94. The van der Waals surface area contributed by atoms with Crippen LogP contribution in [0.1, 0.15) is 62.3 Å². The highest BCUT2D eigenvalue weighted by atomic mass is 16.5. The van der Waals surface area contributed by atoms with Gasteiger partial charge in [-0.2, -0.15) is 10.2 Å². The zero-order chi connectivity index (χ0) is 22.1. The Morgan fingerprint density at radius 3 is 2.78 bits per heavy atom. The number of nitrogens with zero attached hydrogens (tertiary/aromatic N) is 4. The molecule has 0 bridgehead atoms. The number of likely N-dealkylation sites (tertiary alicyclic amines) is 1. The Morgan fingerprint density at radius 1 is 1.16 bits per heavy atom. The summed E-state index contributed by atoms with van der Waals surface area (Å²) in [4.78, 5) is 7.33. The summed E-state index contributed by atoms with van der Waals surface area (Å²) in [5, 5.41) is 13.8. The number of ether oxygens (including phenoxy) is 1. The van der Waals surface area contributed by atoms with E-state index in [2.05, 4.69) is 34.3 Å². The first-order valence-corrected chi connectivity index (χ1v) is 11.5. The quantitative estimate of drug-likeness (QED) is 0.531. The van der Waals surface area contributed by atoms with Crippen molar-refractivity contribution in [3.8, 4) is 34.7 Å². The van der Waals surface area contributed by atoms with Gasteiger partial charge in [0.25, 0.3) is 5.89 Å². The third kappa shape index (κ3) is 3.89. The molecule has 6 heteroatoms. The van der Waals surface area contributed by atoms with Crippen LogP contribution in [0.2, 0.25) is 0 Å². The summed E-state index contributed by atoms with van der Waals surface area (Å²) in [6.07, 6.45) is 6.13. The number of rotatable bonds is 5. The van der Waals surface area contributed by atoms with Crippen molar-refractivity contribution >= 4 is 0 Å². The molecule has 0 N–H and O–H groups in total. The van der Waals surface area contributed by atoms with Crippen molar-refractivity contribution in [1.82, 2.24) is 15.0 Å². The van der Waals surface area contributed by atoms with Crippen LogP contribution in [0.25, 0.3) is 22.8 Å². The molecule has 1 fully saturated rings. The third-order valence-electron chi connectivity index (χ3n) is 6.45. The molecule has 2 aliphatic rings. The highest BCUT2D eigenvalue weighted by Crippen LogP contribution is 2.41. The van der Waals surface area contributed by atoms with Gasteiger partial charge in [0, 0.05) is 17.2 Å². The molecule has 0 saturated carbocycles. The van der Waals surface area contributed by atoms with Gasteiger partial charge >= 0.3 is 0 Å². The van der Waals surface area contributed by atoms with Crippen LogP contribution in [0, 0.1) is 11.3 Å². The molecule has 6 nitrogen and oxygen atoms in total. The lowest BCUT2D eigenvalue weighted by molar-refractivity contribution is 0.163. The minimum atomic E-state index is -0.00287. The van der Waals surface area contributed by atoms with Crippen LogP contribution in [-0.4, -0.2) is 34.2 Å². The van der Waals surface area contributed by atoms with E-state index in [1.54, 1.807) is 12.1 Å². The molecule has 1 saturated heterocycles. The SMILES string of the molecule is CC(C)Oc1ccc(-c2nc(-c3cccc4c3CCC4N3CCCCC3)no2)cc1C#N. The van der Waals surface area contributed by atoms with Crippen molar-refractivity contribution < 1.29 is 9.26 Å². The first kappa shape index (κ1) is 20.7. The molecule has 0 amide bonds. The van der Waals surface area contributed by atoms with E-state index in [-0.39, 0.29) is 6.10 Å². The molecule has 1 unspecified atom stereocenters. The molecular formula is C26H28N4O2. The van der Waals surface area contributed by atoms with Crippen LogP contribution in [0.4, 0.5) is 0 Å². The molecule has 5 rings (SSSR count). The molecule has 2 aromatic carbocycles. The van der Waals surface area contributed by atoms with Crippen LogP contribution in [-0.2, 0) is 6.42 Å². The van der Waals surface area contributed by atoms with Crippen LogP contribution in [0.5, 0.6) is 5.75 Å². The number of piperidine rings is 1. The minimum absolute atomic E-state index is 0.00287. The fourth-order valence-corrected chi connectivity index (χ4v) is 5.01. The summed E-state index contributed by atoms with van der Waals surface area (Å²) in [5.41, 5.74) is 4.99. The third-order valence-corrected chi connectivity index (χ3v) is 6.45. The molecular weight excluding hydrogens is 400 g/mol. The minimum Gasteiger partial charge on any atom is -0.490 e. The van der Waals surface area contributed by atoms with Gasteiger partial charge in [-0.1, -0.05) is 29.8 Å². The van der Waals surface area contributed by atoms with E-state index >= 15 is 0 Å². The molecule has 0 radical (unpaired) electrons. The molecule has 164 valence electrons. The molecule has 3 aromatic rings. The van der Waals surface area contributed by atoms with E-state index in [0.717, 1.165) is 24.0 Å². The van der Waals surface area contributed by atoms with Crippen molar-refractivity contribution in [2.45, 2.75) is 58.1 Å². The summed E-state index contributed by atoms with van der Waals surface area (Å²) >= 11 is 0. The topological polar surface area (TPSA) is 75.2 Å². The van der Waals surface area contributed by atoms with Gasteiger partial charge in [0.05, 0.1) is 11.7 Å². The number of hydrogen-bond donors (Lipinski definition) is 0. The number of aromatic nitrogens is 2. The van der Waals surface area contributed by atoms with Gasteiger partial charge in [-0.05, 0) is 81.9 Å². The van der Waals surface area contributed by atoms with Crippen LogP contribution < -0.4 is 4.74 Å². The van der Waals surface area contributed by atoms with E-state index < -0.39 is 0 Å². The molecule has 2 heterocycles. The fourth-order valence-electron chi connectivity index (χ4n) is 5.01. The largest absolute Gasteiger partial charge is 0.490 e. The molecule has 32 heavy (non-hydrogen) atoms. The number of fused-ring (bicyclic) bond motifs is 1. The van der Waals surface area contributed by atoms with Crippen LogP contribution >= 0.6 is 0 Å². The summed E-state index contributed by atoms with van der Waals surface area (Å²) in [6.45, 7) is 6.26. The molecule has 1 aliphatic carbocycles. The van der Waals surface area contributed by atoms with E-state index in [0.29, 0.717) is 29.1 Å². The number of nitriles is 1. The second kappa shape index (κ2) is 8.76. The van der Waals surface area contributed by atoms with Crippen molar-refractivity contribution in [3.05, 3.63) is 53.1 Å². The molecule has 1 aliphatic heterocycles. The van der Waals surface area contributed by atoms with Gasteiger partial charge in [-0.3, -0.25) is 4.90 Å². The van der Waals surface area contributed by atoms with Gasteiger partial charge in [-0.25, -0.2) is 0 Å². The van der Waals surface area contributed by atoms with E-state index in [9.17, 15) is 5.26 Å². The second-order valence-corrected chi connectivity index (χ2v) is 8.94. The van der Waals surface area contributed by atoms with Crippen LogP contribution in [0.3, 0.4) is 0 Å². The maximum Gasteiger partial charge on any atom is 0.258 e. The predicted molar refractivity (Wildman–Crippen MR) is 122 cm³/mol. The first-order chi connectivity index (χ1) is 15.6. The Morgan fingerprint density at radius 2 is 2.00 bits per heavy atom. The Balaban J connectivity index is 1.44. The highest BCUT2D eigenvalue weighted by molar-refractivity contribution is 5.67. The van der Waals surface area contributed by atoms with Gasteiger partial charge in [0.2, 0.25) is 5.82 Å². The lowest BCUT2D eigenvalue weighted by atomic mass is 10.00. The van der Waals surface area contributed by atoms with E-state index in [1.165, 1.54) is 43.5 Å². The van der Waals surface area contributed by atoms with E-state index in [1.807, 2.05) is 19.9 Å². The lowest BCUT2D eigenvalue weighted by Gasteiger charge is -2.32. The van der Waals surface area contributed by atoms with E-state index in [4.69, 9.17) is 14.2 Å². The normalized spacial score (nSPS) is 18.5. The Hall–Kier alpha value is -3.17. The standard InChI is InChI=1S/C26H28N4O2/c1-17(2)31-24-12-9-18(15-19(24)16-27)26-28-25(29-32-26)22-8-6-7-21-20(22)10-11-23(21)30-13-4-3-5-14-30/h6-9,12,15,17,23H,3-5,10-11,13-14H2,1-2H3. The van der Waals surface area contributed by atoms with Gasteiger partial charge < -0.3 is 9.26 Å². The van der Waals surface area contributed by atoms with Gasteiger partial charge in [0.1, 0.15) is 11.8 Å². The maximum atomic E-state index is 9.52. The summed E-state index contributed by atoms with van der Waals surface area (Å²) < 4.78 is 11.3. The molecule has 1 aromatic heterocycles. The Labute approximate surface area is 188 Å². The average Bonchev–Trinajstić information content (AvgIpc) is 3.47. The van der Waals surface area contributed by atoms with Crippen molar-refractivity contribution in [2.75, 3.05) is 13.1 Å². The van der Waals surface area contributed by atoms with Crippen molar-refractivity contribution in [2.24, 2.45) is 0 Å². The van der Waals surface area contributed by atoms with Crippen LogP contribution in [0.15, 0.2) is 40.9 Å². The Kier molecular flexibility index (Phi) is 5.67. The summed E-state index contributed by atoms with van der Waals surface area (Å²) in [5.74, 6) is 1.59. The monoisotopic (exact) mass is 428 g/mol. The van der Waals surface area contributed by atoms with Crippen molar-refractivity contribution in [3.63, 3.8) is 0 Å². The first-order valence-electron chi connectivity index (χ1n) is 11.5. The maximum absolute atomic E-state index is 9.52. The van der Waals surface area contributed by atoms with Gasteiger partial charge in [-0.15, -0.1) is 0 Å². The summed E-state index contributed by atoms with van der Waals surface area (Å²) in [7, 11) is 0. The highest BCUT2D eigenvalue weighted by Gasteiger charge is 2.31. The van der Waals surface area contributed by atoms with Crippen molar-refractivity contribution in [1.29, 1.82) is 5.26 Å². The summed E-state index contributed by atoms with van der Waals surface area (Å²) in [6, 6.07) is 14.6. The van der Waals surface area contributed by atoms with Gasteiger partial charge in [0.15, 0.2) is 0 Å². The average molecular weight is 429 g/mol. The smallest absolute Gasteiger partial charge is 0.258 e.